The lowest BCUT2D eigenvalue weighted by molar-refractivity contribution is -0.167. The first kappa shape index (κ1) is 72.2. The summed E-state index contributed by atoms with van der Waals surface area (Å²) in [6.45, 7) is 6.73. The van der Waals surface area contributed by atoms with Crippen LogP contribution in [0.3, 0.4) is 0 Å². The highest BCUT2D eigenvalue weighted by molar-refractivity contribution is 5.71. The number of ether oxygens (including phenoxy) is 3. The molecule has 1 atom stereocenters. The highest BCUT2D eigenvalue weighted by Crippen LogP contribution is 2.18. The molecule has 0 saturated carbocycles. The van der Waals surface area contributed by atoms with Gasteiger partial charge in [-0.25, -0.2) is 0 Å². The Bertz CT molecular complexity index is 1150. The van der Waals surface area contributed by atoms with Crippen molar-refractivity contribution in [2.75, 3.05) is 13.2 Å². The van der Waals surface area contributed by atoms with Crippen LogP contribution in [0.5, 0.6) is 0 Å². The molecule has 0 N–H and O–H groups in total. The minimum Gasteiger partial charge on any atom is -0.462 e. The molecule has 0 saturated heterocycles. The standard InChI is InChI=1S/C68H130O6/c1-4-7-10-13-16-19-22-25-28-31-33-34-36-37-40-43-46-49-52-55-58-61-67(70)73-64-65(63-72-66(69)60-57-54-51-48-45-42-39-30-27-24-21-18-15-12-9-6-3)74-68(71)62-59-56-53-50-47-44-41-38-35-32-29-26-23-20-17-14-11-8-5-2/h31,33,65H,4-30,32,34-64H2,1-3H3/b33-31-. The van der Waals surface area contributed by atoms with Gasteiger partial charge in [0.1, 0.15) is 13.2 Å². The van der Waals surface area contributed by atoms with Gasteiger partial charge >= 0.3 is 17.9 Å². The molecule has 0 bridgehead atoms. The van der Waals surface area contributed by atoms with Crippen LogP contribution >= 0.6 is 0 Å². The van der Waals surface area contributed by atoms with Gasteiger partial charge in [-0.05, 0) is 44.9 Å². The van der Waals surface area contributed by atoms with Crippen LogP contribution in [0.2, 0.25) is 0 Å². The van der Waals surface area contributed by atoms with Crippen molar-refractivity contribution in [2.24, 2.45) is 0 Å². The van der Waals surface area contributed by atoms with Crippen molar-refractivity contribution in [3.8, 4) is 0 Å². The maximum atomic E-state index is 12.9. The van der Waals surface area contributed by atoms with Crippen molar-refractivity contribution in [1.29, 1.82) is 0 Å². The molecular weight excluding hydrogens is 913 g/mol. The summed E-state index contributed by atoms with van der Waals surface area (Å²) in [4.78, 5) is 38.4. The van der Waals surface area contributed by atoms with Gasteiger partial charge in [0, 0.05) is 19.3 Å². The zero-order valence-corrected chi connectivity index (χ0v) is 50.4. The molecule has 6 nitrogen and oxygen atoms in total. The molecular formula is C68H130O6. The van der Waals surface area contributed by atoms with Crippen LogP contribution in [0.15, 0.2) is 12.2 Å². The number of unbranched alkanes of at least 4 members (excludes halogenated alkanes) is 50. The van der Waals surface area contributed by atoms with Crippen LogP contribution in [-0.4, -0.2) is 37.2 Å². The number of hydrogen-bond donors (Lipinski definition) is 0. The molecule has 0 radical (unpaired) electrons. The Hall–Kier alpha value is -1.85. The van der Waals surface area contributed by atoms with Crippen LogP contribution in [-0.2, 0) is 28.6 Å². The topological polar surface area (TPSA) is 78.9 Å². The fourth-order valence-electron chi connectivity index (χ4n) is 10.4. The fraction of sp³-hybridized carbons (Fsp3) is 0.926. The van der Waals surface area contributed by atoms with E-state index in [2.05, 4.69) is 32.9 Å². The summed E-state index contributed by atoms with van der Waals surface area (Å²) in [5.41, 5.74) is 0. The highest BCUT2D eigenvalue weighted by atomic mass is 16.6. The molecule has 0 rings (SSSR count). The minimum atomic E-state index is -0.766. The highest BCUT2D eigenvalue weighted by Gasteiger charge is 2.19. The molecule has 438 valence electrons. The van der Waals surface area contributed by atoms with Gasteiger partial charge in [0.2, 0.25) is 0 Å². The van der Waals surface area contributed by atoms with Crippen molar-refractivity contribution in [3.63, 3.8) is 0 Å². The number of rotatable bonds is 63. The van der Waals surface area contributed by atoms with E-state index >= 15 is 0 Å². The van der Waals surface area contributed by atoms with Crippen molar-refractivity contribution >= 4 is 17.9 Å². The minimum absolute atomic E-state index is 0.0635. The Kier molecular flexibility index (Phi) is 62.1. The molecule has 0 aliphatic rings. The van der Waals surface area contributed by atoms with E-state index in [4.69, 9.17) is 14.2 Å². The number of esters is 3. The summed E-state index contributed by atoms with van der Waals surface area (Å²) in [5.74, 6) is -0.831. The summed E-state index contributed by atoms with van der Waals surface area (Å²) < 4.78 is 17.0. The van der Waals surface area contributed by atoms with Crippen molar-refractivity contribution in [3.05, 3.63) is 12.2 Å². The van der Waals surface area contributed by atoms with Crippen LogP contribution in [0, 0.1) is 0 Å². The Morgan fingerprint density at radius 3 is 0.676 bits per heavy atom. The lowest BCUT2D eigenvalue weighted by atomic mass is 10.0. The third-order valence-electron chi connectivity index (χ3n) is 15.5. The second kappa shape index (κ2) is 63.7. The Labute approximate surface area is 462 Å². The summed E-state index contributed by atoms with van der Waals surface area (Å²) >= 11 is 0. The Morgan fingerprint density at radius 2 is 0.446 bits per heavy atom. The van der Waals surface area contributed by atoms with E-state index in [1.807, 2.05) is 0 Å². The zero-order chi connectivity index (χ0) is 53.6. The average molecular weight is 1040 g/mol. The average Bonchev–Trinajstić information content (AvgIpc) is 3.40. The second-order valence-electron chi connectivity index (χ2n) is 23.1. The van der Waals surface area contributed by atoms with Crippen LogP contribution in [0.1, 0.15) is 387 Å². The van der Waals surface area contributed by atoms with Crippen molar-refractivity contribution in [2.45, 2.75) is 393 Å². The van der Waals surface area contributed by atoms with Crippen LogP contribution < -0.4 is 0 Å². The monoisotopic (exact) mass is 1040 g/mol. The molecule has 0 aromatic carbocycles. The van der Waals surface area contributed by atoms with Gasteiger partial charge in [0.25, 0.3) is 0 Å². The predicted molar refractivity (Wildman–Crippen MR) is 321 cm³/mol. The van der Waals surface area contributed by atoms with Gasteiger partial charge in [-0.1, -0.05) is 335 Å². The number of allylic oxidation sites excluding steroid dienone is 2. The van der Waals surface area contributed by atoms with Crippen molar-refractivity contribution < 1.29 is 28.6 Å². The van der Waals surface area contributed by atoms with E-state index < -0.39 is 6.10 Å². The summed E-state index contributed by atoms with van der Waals surface area (Å²) in [6, 6.07) is 0. The predicted octanol–water partition coefficient (Wildman–Crippen LogP) is 22.8. The molecule has 6 heteroatoms. The van der Waals surface area contributed by atoms with Crippen LogP contribution in [0.4, 0.5) is 0 Å². The van der Waals surface area contributed by atoms with E-state index in [9.17, 15) is 14.4 Å². The summed E-state index contributed by atoms with van der Waals surface area (Å²) in [6.07, 6.45) is 75.1. The maximum Gasteiger partial charge on any atom is 0.306 e. The van der Waals surface area contributed by atoms with Gasteiger partial charge in [0.05, 0.1) is 0 Å². The van der Waals surface area contributed by atoms with E-state index in [1.54, 1.807) is 0 Å². The smallest absolute Gasteiger partial charge is 0.306 e. The van der Waals surface area contributed by atoms with Crippen molar-refractivity contribution in [1.82, 2.24) is 0 Å². The fourth-order valence-corrected chi connectivity index (χ4v) is 10.4. The van der Waals surface area contributed by atoms with E-state index in [1.165, 1.54) is 289 Å². The molecule has 0 aromatic heterocycles. The van der Waals surface area contributed by atoms with Gasteiger partial charge in [-0.15, -0.1) is 0 Å². The van der Waals surface area contributed by atoms with Gasteiger partial charge < -0.3 is 14.2 Å². The summed E-state index contributed by atoms with van der Waals surface area (Å²) in [5, 5.41) is 0. The lowest BCUT2D eigenvalue weighted by Gasteiger charge is -2.18. The van der Waals surface area contributed by atoms with Gasteiger partial charge in [0.15, 0.2) is 6.10 Å². The lowest BCUT2D eigenvalue weighted by Crippen LogP contribution is -2.30. The molecule has 0 fully saturated rings. The Morgan fingerprint density at radius 1 is 0.257 bits per heavy atom. The molecule has 0 aromatic rings. The first-order valence-corrected chi connectivity index (χ1v) is 33.7. The number of carbonyl (C=O) groups excluding carboxylic acids is 3. The molecule has 0 aliphatic heterocycles. The van der Waals surface area contributed by atoms with E-state index in [0.717, 1.165) is 57.8 Å². The third kappa shape index (κ3) is 61.0. The third-order valence-corrected chi connectivity index (χ3v) is 15.5. The van der Waals surface area contributed by atoms with Crippen LogP contribution in [0.25, 0.3) is 0 Å². The Balaban J connectivity index is 4.29. The molecule has 1 unspecified atom stereocenters. The molecule has 74 heavy (non-hydrogen) atoms. The van der Waals surface area contributed by atoms with E-state index in [-0.39, 0.29) is 31.1 Å². The molecule has 0 heterocycles. The second-order valence-corrected chi connectivity index (χ2v) is 23.1. The largest absolute Gasteiger partial charge is 0.462 e. The molecule has 0 spiro atoms. The summed E-state index contributed by atoms with van der Waals surface area (Å²) in [7, 11) is 0. The molecule has 0 aliphatic carbocycles. The zero-order valence-electron chi connectivity index (χ0n) is 50.4. The maximum absolute atomic E-state index is 12.9. The van der Waals surface area contributed by atoms with Gasteiger partial charge in [-0.2, -0.15) is 0 Å². The first-order valence-electron chi connectivity index (χ1n) is 33.7. The first-order chi connectivity index (χ1) is 36.5. The normalized spacial score (nSPS) is 12.0. The number of carbonyl (C=O) groups is 3. The SMILES string of the molecule is CCCCCCCCCC/C=C\CCCCCCCCCCCC(=O)OCC(COC(=O)CCCCCCCCCCCCCCCCCC)OC(=O)CCCCCCCCCCCCCCCCCCCCC. The van der Waals surface area contributed by atoms with Gasteiger partial charge in [-0.3, -0.25) is 14.4 Å². The molecule has 0 amide bonds. The van der Waals surface area contributed by atoms with E-state index in [0.29, 0.717) is 19.3 Å². The quantitative estimate of drug-likeness (QED) is 0.0261. The number of hydrogen-bond acceptors (Lipinski definition) is 6.